The Hall–Kier alpha value is -2.73. The number of halogens is 2. The van der Waals surface area contributed by atoms with E-state index in [4.69, 9.17) is 16.3 Å². The normalized spacial score (nSPS) is 14.1. The zero-order chi connectivity index (χ0) is 19.1. The first-order valence-corrected chi connectivity index (χ1v) is 8.17. The fourth-order valence-electron chi connectivity index (χ4n) is 2.55. The van der Waals surface area contributed by atoms with Gasteiger partial charge in [0, 0.05) is 5.92 Å². The topological polar surface area (TPSA) is 80.7 Å². The van der Waals surface area contributed by atoms with Crippen molar-refractivity contribution in [2.24, 2.45) is 0 Å². The number of esters is 1. The average molecular weight is 379 g/mol. The molecule has 0 aromatic heterocycles. The molecule has 0 spiro atoms. The molecule has 7 heteroatoms. The van der Waals surface area contributed by atoms with Gasteiger partial charge < -0.3 is 14.6 Å². The minimum atomic E-state index is -2.05. The lowest BCUT2D eigenvalue weighted by molar-refractivity contribution is -0.112. The van der Waals surface area contributed by atoms with Crippen molar-refractivity contribution in [3.8, 4) is 0 Å². The number of aldehydes is 1. The summed E-state index contributed by atoms with van der Waals surface area (Å²) in [6.07, 6.45) is -1.99. The number of carboxylic acids is 1. The van der Waals surface area contributed by atoms with Crippen LogP contribution in [0.2, 0.25) is 0 Å². The van der Waals surface area contributed by atoms with Gasteiger partial charge in [0.2, 0.25) is 0 Å². The molecule has 0 aliphatic carbocycles. The number of aromatic carboxylic acids is 1. The molecular formula is C19H16ClFO5. The van der Waals surface area contributed by atoms with Crippen LogP contribution in [-0.2, 0) is 9.53 Å². The van der Waals surface area contributed by atoms with Crippen LogP contribution in [0.3, 0.4) is 0 Å². The summed E-state index contributed by atoms with van der Waals surface area (Å²) >= 11 is 6.19. The van der Waals surface area contributed by atoms with Gasteiger partial charge in [-0.3, -0.25) is 0 Å². The van der Waals surface area contributed by atoms with Gasteiger partial charge in [0.05, 0.1) is 16.5 Å². The lowest BCUT2D eigenvalue weighted by atomic mass is 9.88. The predicted molar refractivity (Wildman–Crippen MR) is 93.5 cm³/mol. The highest BCUT2D eigenvalue weighted by atomic mass is 35.5. The molecule has 0 bridgehead atoms. The largest absolute Gasteiger partial charge is 0.478 e. The van der Waals surface area contributed by atoms with Gasteiger partial charge in [-0.1, -0.05) is 36.4 Å². The Kier molecular flexibility index (Phi) is 6.86. The molecule has 2 aromatic rings. The quantitative estimate of drug-likeness (QED) is 0.432. The maximum atomic E-state index is 14.2. The zero-order valence-electron chi connectivity index (χ0n) is 13.5. The van der Waals surface area contributed by atoms with Crippen LogP contribution in [-0.4, -0.2) is 41.5 Å². The molecule has 0 radical (unpaired) electrons. The second-order valence-electron chi connectivity index (χ2n) is 5.48. The highest BCUT2D eigenvalue weighted by molar-refractivity contribution is 6.21. The van der Waals surface area contributed by atoms with E-state index in [1.165, 1.54) is 24.3 Å². The highest BCUT2D eigenvalue weighted by Crippen LogP contribution is 2.31. The van der Waals surface area contributed by atoms with Gasteiger partial charge in [-0.2, -0.15) is 0 Å². The van der Waals surface area contributed by atoms with E-state index in [0.29, 0.717) is 5.56 Å². The van der Waals surface area contributed by atoms with E-state index >= 15 is 0 Å². The zero-order valence-corrected chi connectivity index (χ0v) is 14.3. The number of rotatable bonds is 8. The number of ether oxygens (including phenoxy) is 1. The van der Waals surface area contributed by atoms with Crippen LogP contribution in [0.25, 0.3) is 0 Å². The Bertz CT molecular complexity index is 781. The third kappa shape index (κ3) is 4.67. The van der Waals surface area contributed by atoms with Gasteiger partial charge in [0.15, 0.2) is 12.5 Å². The second kappa shape index (κ2) is 9.10. The minimum Gasteiger partial charge on any atom is -0.478 e. The number of hydrogen-bond donors (Lipinski definition) is 1. The summed E-state index contributed by atoms with van der Waals surface area (Å²) in [6, 6.07) is 13.8. The first kappa shape index (κ1) is 19.6. The van der Waals surface area contributed by atoms with E-state index in [2.05, 4.69) is 0 Å². The highest BCUT2D eigenvalue weighted by Gasteiger charge is 2.33. The van der Waals surface area contributed by atoms with Crippen molar-refractivity contribution < 1.29 is 28.6 Å². The average Bonchev–Trinajstić information content (AvgIpc) is 2.67. The van der Waals surface area contributed by atoms with E-state index in [1.54, 1.807) is 30.3 Å². The third-order valence-electron chi connectivity index (χ3n) is 3.80. The molecule has 5 nitrogen and oxygen atoms in total. The van der Waals surface area contributed by atoms with Crippen LogP contribution in [0, 0.1) is 0 Å². The van der Waals surface area contributed by atoms with Crippen molar-refractivity contribution in [3.05, 3.63) is 71.3 Å². The maximum absolute atomic E-state index is 14.2. The molecule has 0 saturated heterocycles. The van der Waals surface area contributed by atoms with E-state index in [0.717, 1.165) is 0 Å². The van der Waals surface area contributed by atoms with Crippen LogP contribution in [0.1, 0.15) is 32.2 Å². The van der Waals surface area contributed by atoms with Gasteiger partial charge in [0.25, 0.3) is 0 Å². The van der Waals surface area contributed by atoms with Gasteiger partial charge in [-0.25, -0.2) is 14.0 Å². The number of carbonyl (C=O) groups is 3. The number of benzene rings is 2. The van der Waals surface area contributed by atoms with Gasteiger partial charge in [-0.15, -0.1) is 11.6 Å². The lowest BCUT2D eigenvalue weighted by Crippen LogP contribution is -2.30. The van der Waals surface area contributed by atoms with Crippen LogP contribution in [0.5, 0.6) is 0 Å². The monoisotopic (exact) mass is 378 g/mol. The Morgan fingerprint density at radius 2 is 1.73 bits per heavy atom. The van der Waals surface area contributed by atoms with Crippen molar-refractivity contribution in [1.82, 2.24) is 0 Å². The molecule has 0 fully saturated rings. The Labute approximate surface area is 154 Å². The fourth-order valence-corrected chi connectivity index (χ4v) is 2.89. The van der Waals surface area contributed by atoms with Crippen molar-refractivity contribution in [2.75, 3.05) is 6.61 Å². The van der Waals surface area contributed by atoms with Crippen LogP contribution >= 0.6 is 11.6 Å². The van der Waals surface area contributed by atoms with Gasteiger partial charge in [-0.05, 0) is 23.8 Å². The first-order valence-electron chi connectivity index (χ1n) is 7.73. The molecule has 2 rings (SSSR count). The molecule has 0 amide bonds. The molecule has 2 aromatic carbocycles. The van der Waals surface area contributed by atoms with Gasteiger partial charge >= 0.3 is 11.9 Å². The summed E-state index contributed by atoms with van der Waals surface area (Å²) < 4.78 is 19.3. The molecule has 26 heavy (non-hydrogen) atoms. The summed E-state index contributed by atoms with van der Waals surface area (Å²) in [5, 5.41) is 8.14. The Morgan fingerprint density at radius 3 is 2.35 bits per heavy atom. The Morgan fingerprint density at radius 1 is 1.12 bits per heavy atom. The van der Waals surface area contributed by atoms with Crippen LogP contribution < -0.4 is 0 Å². The molecule has 0 aliphatic rings. The minimum absolute atomic E-state index is 0.0533. The molecule has 3 atom stereocenters. The predicted octanol–water partition coefficient (Wildman–Crippen LogP) is 3.47. The molecule has 0 unspecified atom stereocenters. The Balaban J connectivity index is 2.21. The van der Waals surface area contributed by atoms with E-state index in [-0.39, 0.29) is 24.0 Å². The number of alkyl halides is 2. The van der Waals surface area contributed by atoms with Crippen molar-refractivity contribution >= 4 is 29.8 Å². The first-order chi connectivity index (χ1) is 12.5. The SMILES string of the molecule is O=C[C@@H](F)[C@H](c1ccccc1C(=O)O)[C@H](Cl)COC(=O)c1ccccc1. The second-order valence-corrected chi connectivity index (χ2v) is 6.04. The summed E-state index contributed by atoms with van der Waals surface area (Å²) in [5.41, 5.74) is 0.198. The summed E-state index contributed by atoms with van der Waals surface area (Å²) in [6.45, 7) is -0.387. The van der Waals surface area contributed by atoms with E-state index in [1.807, 2.05) is 0 Å². The number of carboxylic acid groups (broad SMARTS) is 1. The van der Waals surface area contributed by atoms with Crippen molar-refractivity contribution in [1.29, 1.82) is 0 Å². The molecular weight excluding hydrogens is 363 g/mol. The third-order valence-corrected chi connectivity index (χ3v) is 4.19. The smallest absolute Gasteiger partial charge is 0.338 e. The molecule has 136 valence electrons. The molecule has 1 N–H and O–H groups in total. The standard InChI is InChI=1S/C19H16ClFO5/c20-15(11-26-19(25)12-6-2-1-3-7-12)17(16(21)10-22)13-8-4-5-9-14(13)18(23)24/h1-10,15-17H,11H2,(H,23,24)/t15-,16-,17-/m1/s1. The lowest BCUT2D eigenvalue weighted by Gasteiger charge is -2.24. The van der Waals surface area contributed by atoms with Crippen molar-refractivity contribution in [2.45, 2.75) is 17.5 Å². The maximum Gasteiger partial charge on any atom is 0.338 e. The summed E-state index contributed by atoms with van der Waals surface area (Å²) in [7, 11) is 0. The van der Waals surface area contributed by atoms with Gasteiger partial charge in [0.1, 0.15) is 6.61 Å². The molecule has 0 saturated carbocycles. The number of hydrogen-bond acceptors (Lipinski definition) is 4. The van der Waals surface area contributed by atoms with E-state index < -0.39 is 29.4 Å². The van der Waals surface area contributed by atoms with Crippen LogP contribution in [0.15, 0.2) is 54.6 Å². The summed E-state index contributed by atoms with van der Waals surface area (Å²) in [5.74, 6) is -3.19. The summed E-state index contributed by atoms with van der Waals surface area (Å²) in [4.78, 5) is 34.3. The number of carbonyl (C=O) groups excluding carboxylic acids is 2. The molecule has 0 aliphatic heterocycles. The van der Waals surface area contributed by atoms with Crippen molar-refractivity contribution in [3.63, 3.8) is 0 Å². The molecule has 0 heterocycles. The fraction of sp³-hybridized carbons (Fsp3) is 0.211. The van der Waals surface area contributed by atoms with Crippen LogP contribution in [0.4, 0.5) is 4.39 Å². The van der Waals surface area contributed by atoms with E-state index in [9.17, 15) is 23.9 Å².